The molecule has 0 spiro atoms. The molecule has 3 rings (SSSR count). The van der Waals surface area contributed by atoms with Crippen molar-refractivity contribution in [2.45, 2.75) is 0 Å². The molecule has 27 heavy (non-hydrogen) atoms. The average molecular weight is 423 g/mol. The summed E-state index contributed by atoms with van der Waals surface area (Å²) in [6, 6.07) is 9.10. The summed E-state index contributed by atoms with van der Waals surface area (Å²) in [6.45, 7) is 0. The molecule has 0 bridgehead atoms. The monoisotopic (exact) mass is 422 g/mol. The number of aromatic nitrogens is 1. The van der Waals surface area contributed by atoms with Gasteiger partial charge < -0.3 is 15.2 Å². The first-order valence-corrected chi connectivity index (χ1v) is 9.16. The number of anilines is 1. The van der Waals surface area contributed by atoms with Gasteiger partial charge in [0.1, 0.15) is 22.0 Å². The van der Waals surface area contributed by atoms with Crippen molar-refractivity contribution in [2.24, 2.45) is 0 Å². The van der Waals surface area contributed by atoms with Gasteiger partial charge in [0.15, 0.2) is 0 Å². The second-order valence-electron chi connectivity index (χ2n) is 5.34. The summed E-state index contributed by atoms with van der Waals surface area (Å²) in [5.41, 5.74) is 1.12. The molecular weight excluding hydrogens is 411 g/mol. The molecular formula is C18H12Cl2N2O4S. The van der Waals surface area contributed by atoms with Crippen LogP contribution in [0.1, 0.15) is 20.8 Å². The highest BCUT2D eigenvalue weighted by molar-refractivity contribution is 7.13. The first kappa shape index (κ1) is 19.2. The van der Waals surface area contributed by atoms with E-state index in [9.17, 15) is 14.7 Å². The summed E-state index contributed by atoms with van der Waals surface area (Å²) >= 11 is 13.3. The molecule has 0 saturated carbocycles. The van der Waals surface area contributed by atoms with Crippen LogP contribution in [0.4, 0.5) is 5.69 Å². The maximum atomic E-state index is 12.4. The maximum Gasteiger partial charge on any atom is 0.341 e. The molecule has 2 N–H and O–H groups in total. The number of carbonyl (C=O) groups excluding carboxylic acids is 2. The van der Waals surface area contributed by atoms with E-state index in [1.54, 1.807) is 23.6 Å². The largest absolute Gasteiger partial charge is 0.507 e. The Morgan fingerprint density at radius 2 is 1.96 bits per heavy atom. The van der Waals surface area contributed by atoms with Crippen LogP contribution < -0.4 is 5.32 Å². The number of phenols is 1. The van der Waals surface area contributed by atoms with Crippen molar-refractivity contribution in [1.29, 1.82) is 0 Å². The third kappa shape index (κ3) is 4.21. The first-order chi connectivity index (χ1) is 12.9. The highest BCUT2D eigenvalue weighted by atomic mass is 35.5. The van der Waals surface area contributed by atoms with Gasteiger partial charge in [-0.25, -0.2) is 9.78 Å². The fraction of sp³-hybridized carbons (Fsp3) is 0.0556. The van der Waals surface area contributed by atoms with Crippen LogP contribution in [-0.2, 0) is 4.74 Å². The highest BCUT2D eigenvalue weighted by Gasteiger charge is 2.16. The van der Waals surface area contributed by atoms with E-state index in [1.807, 2.05) is 0 Å². The van der Waals surface area contributed by atoms with Gasteiger partial charge in [-0.05, 0) is 36.4 Å². The number of methoxy groups -OCH3 is 1. The lowest BCUT2D eigenvalue weighted by Crippen LogP contribution is -2.13. The number of aromatic hydroxyl groups is 1. The minimum Gasteiger partial charge on any atom is -0.507 e. The number of thiazole rings is 1. The lowest BCUT2D eigenvalue weighted by molar-refractivity contribution is 0.0597. The number of benzene rings is 2. The number of carbonyl (C=O) groups is 2. The topological polar surface area (TPSA) is 88.5 Å². The predicted molar refractivity (Wildman–Crippen MR) is 105 cm³/mol. The van der Waals surface area contributed by atoms with Crippen LogP contribution >= 0.6 is 34.5 Å². The fourth-order valence-electron chi connectivity index (χ4n) is 2.25. The molecule has 1 heterocycles. The maximum absolute atomic E-state index is 12.4. The molecule has 0 aliphatic heterocycles. The highest BCUT2D eigenvalue weighted by Crippen LogP contribution is 2.32. The number of ether oxygens (including phenoxy) is 1. The van der Waals surface area contributed by atoms with Crippen molar-refractivity contribution < 1.29 is 19.4 Å². The molecule has 2 aromatic carbocycles. The average Bonchev–Trinajstić information content (AvgIpc) is 3.12. The quantitative estimate of drug-likeness (QED) is 0.462. The normalized spacial score (nSPS) is 10.5. The van der Waals surface area contributed by atoms with E-state index < -0.39 is 11.9 Å². The van der Waals surface area contributed by atoms with E-state index in [0.29, 0.717) is 26.3 Å². The zero-order chi connectivity index (χ0) is 19.6. The first-order valence-electron chi connectivity index (χ1n) is 7.52. The second-order valence-corrected chi connectivity index (χ2v) is 7.04. The van der Waals surface area contributed by atoms with E-state index in [2.05, 4.69) is 15.0 Å². The zero-order valence-electron chi connectivity index (χ0n) is 13.8. The number of halogens is 2. The number of hydrogen-bond donors (Lipinski definition) is 2. The number of esters is 1. The van der Waals surface area contributed by atoms with Gasteiger partial charge in [-0.1, -0.05) is 23.2 Å². The Hall–Kier alpha value is -2.61. The van der Waals surface area contributed by atoms with Crippen molar-refractivity contribution in [3.63, 3.8) is 0 Å². The molecule has 1 amide bonds. The molecule has 0 fully saturated rings. The fourth-order valence-corrected chi connectivity index (χ4v) is 3.64. The standard InChI is InChI=1S/C18H12Cl2N2O4S/c1-26-18(25)12-7-10(3-5-15(12)23)21-16(24)14-8-27-17(22-14)11-4-2-9(19)6-13(11)20/h2-8,23H,1H3,(H,21,24). The van der Waals surface area contributed by atoms with E-state index in [-0.39, 0.29) is 17.0 Å². The molecule has 0 saturated heterocycles. The number of nitrogens with zero attached hydrogens (tertiary/aromatic N) is 1. The third-order valence-electron chi connectivity index (χ3n) is 3.56. The Bertz CT molecular complexity index is 1040. The summed E-state index contributed by atoms with van der Waals surface area (Å²) in [6.07, 6.45) is 0. The Labute approximate surface area is 168 Å². The Morgan fingerprint density at radius 1 is 1.19 bits per heavy atom. The SMILES string of the molecule is COC(=O)c1cc(NC(=O)c2csc(-c3ccc(Cl)cc3Cl)n2)ccc1O. The second kappa shape index (κ2) is 7.96. The molecule has 138 valence electrons. The van der Waals surface area contributed by atoms with Gasteiger partial charge >= 0.3 is 5.97 Å². The van der Waals surface area contributed by atoms with Crippen LogP contribution in [-0.4, -0.2) is 29.1 Å². The summed E-state index contributed by atoms with van der Waals surface area (Å²) < 4.78 is 4.59. The van der Waals surface area contributed by atoms with Crippen LogP contribution in [0.3, 0.4) is 0 Å². The molecule has 9 heteroatoms. The summed E-state index contributed by atoms with van der Waals surface area (Å²) in [7, 11) is 1.20. The van der Waals surface area contributed by atoms with Crippen molar-refractivity contribution in [3.05, 3.63) is 63.1 Å². The molecule has 0 aliphatic rings. The lowest BCUT2D eigenvalue weighted by atomic mass is 10.1. The number of phenolic OH excluding ortho intramolecular Hbond substituents is 1. The van der Waals surface area contributed by atoms with Crippen LogP contribution in [0.25, 0.3) is 10.6 Å². The molecule has 0 radical (unpaired) electrons. The zero-order valence-corrected chi connectivity index (χ0v) is 16.2. The number of amides is 1. The Balaban J connectivity index is 1.82. The van der Waals surface area contributed by atoms with Crippen molar-refractivity contribution >= 4 is 52.1 Å². The van der Waals surface area contributed by atoms with E-state index in [0.717, 1.165) is 0 Å². The minimum absolute atomic E-state index is 0.0535. The molecule has 1 aromatic heterocycles. The Kier molecular flexibility index (Phi) is 5.65. The number of hydrogen-bond acceptors (Lipinski definition) is 6. The third-order valence-corrected chi connectivity index (χ3v) is 4.98. The molecule has 0 atom stereocenters. The number of rotatable bonds is 4. The van der Waals surface area contributed by atoms with Gasteiger partial charge in [0.25, 0.3) is 5.91 Å². The predicted octanol–water partition coefficient (Wildman–Crippen LogP) is 4.86. The van der Waals surface area contributed by atoms with Gasteiger partial charge in [0, 0.05) is 21.7 Å². The van der Waals surface area contributed by atoms with Gasteiger partial charge in [-0.3, -0.25) is 4.79 Å². The molecule has 0 aliphatic carbocycles. The van der Waals surface area contributed by atoms with Crippen LogP contribution in [0, 0.1) is 0 Å². The van der Waals surface area contributed by atoms with Gasteiger partial charge in [-0.15, -0.1) is 11.3 Å². The number of nitrogens with one attached hydrogen (secondary N) is 1. The van der Waals surface area contributed by atoms with Crippen LogP contribution in [0.15, 0.2) is 41.8 Å². The minimum atomic E-state index is -0.711. The molecule has 3 aromatic rings. The van der Waals surface area contributed by atoms with Gasteiger partial charge in [0.05, 0.1) is 12.1 Å². The Morgan fingerprint density at radius 3 is 2.67 bits per heavy atom. The van der Waals surface area contributed by atoms with Crippen molar-refractivity contribution in [3.8, 4) is 16.3 Å². The summed E-state index contributed by atoms with van der Waals surface area (Å²) in [4.78, 5) is 28.4. The molecule has 6 nitrogen and oxygen atoms in total. The smallest absolute Gasteiger partial charge is 0.341 e. The van der Waals surface area contributed by atoms with Gasteiger partial charge in [-0.2, -0.15) is 0 Å². The van der Waals surface area contributed by atoms with Crippen LogP contribution in [0.2, 0.25) is 10.0 Å². The van der Waals surface area contributed by atoms with E-state index >= 15 is 0 Å². The summed E-state index contributed by atoms with van der Waals surface area (Å²) in [5.74, 6) is -1.42. The summed E-state index contributed by atoms with van der Waals surface area (Å²) in [5, 5.41) is 15.5. The van der Waals surface area contributed by atoms with E-state index in [4.69, 9.17) is 23.2 Å². The van der Waals surface area contributed by atoms with E-state index in [1.165, 1.54) is 36.6 Å². The molecule has 0 unspecified atom stereocenters. The van der Waals surface area contributed by atoms with Crippen molar-refractivity contribution in [2.75, 3.05) is 12.4 Å². The van der Waals surface area contributed by atoms with Crippen molar-refractivity contribution in [1.82, 2.24) is 4.98 Å². The van der Waals surface area contributed by atoms with Crippen LogP contribution in [0.5, 0.6) is 5.75 Å². The van der Waals surface area contributed by atoms with Gasteiger partial charge in [0.2, 0.25) is 0 Å². The lowest BCUT2D eigenvalue weighted by Gasteiger charge is -2.07.